The molecule has 3 nitrogen and oxygen atoms in total. The summed E-state index contributed by atoms with van der Waals surface area (Å²) >= 11 is 0. The van der Waals surface area contributed by atoms with E-state index in [0.29, 0.717) is 12.1 Å². The normalized spacial score (nSPS) is 18.4. The first-order valence-corrected chi connectivity index (χ1v) is 6.65. The van der Waals surface area contributed by atoms with Gasteiger partial charge in [-0.05, 0) is 39.2 Å². The molecule has 1 N–H and O–H groups in total. The molecule has 0 heterocycles. The van der Waals surface area contributed by atoms with Gasteiger partial charge in [-0.15, -0.1) is 0 Å². The second kappa shape index (κ2) is 7.25. The highest BCUT2D eigenvalue weighted by Crippen LogP contribution is 2.33. The molecule has 0 bridgehead atoms. The molecule has 1 aliphatic carbocycles. The Labute approximate surface area is 101 Å². The third-order valence-corrected chi connectivity index (χ3v) is 3.40. The zero-order valence-electron chi connectivity index (χ0n) is 11.3. The van der Waals surface area contributed by atoms with Crippen LogP contribution in [0.2, 0.25) is 0 Å². The predicted molar refractivity (Wildman–Crippen MR) is 68.8 cm³/mol. The van der Waals surface area contributed by atoms with Crippen LogP contribution in [0.25, 0.3) is 0 Å². The van der Waals surface area contributed by atoms with Crippen LogP contribution in [-0.4, -0.2) is 50.3 Å². The van der Waals surface area contributed by atoms with E-state index in [0.717, 1.165) is 25.6 Å². The molecule has 1 saturated carbocycles. The van der Waals surface area contributed by atoms with Crippen molar-refractivity contribution in [1.29, 1.82) is 0 Å². The molecule has 1 rings (SSSR count). The van der Waals surface area contributed by atoms with Gasteiger partial charge in [-0.25, -0.2) is 0 Å². The summed E-state index contributed by atoms with van der Waals surface area (Å²) in [5, 5.41) is 3.62. The van der Waals surface area contributed by atoms with Crippen molar-refractivity contribution in [2.75, 3.05) is 33.4 Å². The Bertz CT molecular complexity index is 181. The molecule has 16 heavy (non-hydrogen) atoms. The van der Waals surface area contributed by atoms with E-state index in [-0.39, 0.29) is 0 Å². The van der Waals surface area contributed by atoms with E-state index in [1.54, 1.807) is 7.11 Å². The maximum atomic E-state index is 5.18. The highest BCUT2D eigenvalue weighted by Gasteiger charge is 2.32. The van der Waals surface area contributed by atoms with Gasteiger partial charge in [0.15, 0.2) is 0 Å². The molecule has 0 amide bonds. The van der Waals surface area contributed by atoms with Crippen LogP contribution in [0.4, 0.5) is 0 Å². The molecule has 0 aromatic heterocycles. The molecule has 0 aromatic carbocycles. The molecule has 96 valence electrons. The minimum atomic E-state index is 0.607. The number of methoxy groups -OCH3 is 1. The topological polar surface area (TPSA) is 24.5 Å². The lowest BCUT2D eigenvalue weighted by molar-refractivity contribution is 0.119. The summed E-state index contributed by atoms with van der Waals surface area (Å²) in [7, 11) is 1.78. The number of nitrogens with zero attached hydrogens (tertiary/aromatic N) is 1. The first-order valence-electron chi connectivity index (χ1n) is 6.65. The Kier molecular flexibility index (Phi) is 6.32. The molecule has 1 atom stereocenters. The lowest BCUT2D eigenvalue weighted by Crippen LogP contribution is -2.46. The van der Waals surface area contributed by atoms with Crippen molar-refractivity contribution >= 4 is 0 Å². The lowest BCUT2D eigenvalue weighted by Gasteiger charge is -2.31. The Balaban J connectivity index is 2.37. The smallest absolute Gasteiger partial charge is 0.0589 e. The quantitative estimate of drug-likeness (QED) is 0.650. The maximum absolute atomic E-state index is 5.18. The molecule has 0 radical (unpaired) electrons. The van der Waals surface area contributed by atoms with Crippen LogP contribution in [0, 0.1) is 5.92 Å². The van der Waals surface area contributed by atoms with Crippen molar-refractivity contribution in [1.82, 2.24) is 10.2 Å². The number of hydrogen-bond donors (Lipinski definition) is 1. The van der Waals surface area contributed by atoms with Crippen LogP contribution in [0.1, 0.15) is 33.6 Å². The van der Waals surface area contributed by atoms with Crippen molar-refractivity contribution in [3.63, 3.8) is 0 Å². The third kappa shape index (κ3) is 4.81. The summed E-state index contributed by atoms with van der Waals surface area (Å²) in [5.74, 6) is 0.920. The number of likely N-dealkylation sites (N-methyl/N-ethyl adjacent to an activating group) is 1. The summed E-state index contributed by atoms with van der Waals surface area (Å²) in [5.41, 5.74) is 0. The first kappa shape index (κ1) is 13.9. The van der Waals surface area contributed by atoms with Gasteiger partial charge in [0.05, 0.1) is 6.61 Å². The molecule has 3 heteroatoms. The zero-order valence-corrected chi connectivity index (χ0v) is 11.3. The molecule has 1 fully saturated rings. The van der Waals surface area contributed by atoms with Gasteiger partial charge in [-0.3, -0.25) is 4.90 Å². The fourth-order valence-electron chi connectivity index (χ4n) is 2.16. The van der Waals surface area contributed by atoms with Crippen LogP contribution in [0.5, 0.6) is 0 Å². The highest BCUT2D eigenvalue weighted by atomic mass is 16.5. The summed E-state index contributed by atoms with van der Waals surface area (Å²) in [6, 6.07) is 1.29. The minimum absolute atomic E-state index is 0.607. The molecular weight excluding hydrogens is 200 g/mol. The average molecular weight is 228 g/mol. The molecule has 0 saturated heterocycles. The van der Waals surface area contributed by atoms with Gasteiger partial charge >= 0.3 is 0 Å². The average Bonchev–Trinajstić information content (AvgIpc) is 3.05. The second-order valence-electron chi connectivity index (χ2n) is 5.08. The van der Waals surface area contributed by atoms with Gasteiger partial charge in [0, 0.05) is 32.3 Å². The van der Waals surface area contributed by atoms with Crippen LogP contribution < -0.4 is 5.32 Å². The highest BCUT2D eigenvalue weighted by molar-refractivity contribution is 4.88. The van der Waals surface area contributed by atoms with Crippen LogP contribution in [-0.2, 0) is 4.74 Å². The number of ether oxygens (including phenoxy) is 1. The zero-order chi connectivity index (χ0) is 12.0. The minimum Gasteiger partial charge on any atom is -0.383 e. The Morgan fingerprint density at radius 2 is 2.06 bits per heavy atom. The molecule has 0 spiro atoms. The van der Waals surface area contributed by atoms with Crippen molar-refractivity contribution in [2.45, 2.75) is 45.7 Å². The van der Waals surface area contributed by atoms with Crippen molar-refractivity contribution in [3.8, 4) is 0 Å². The van der Waals surface area contributed by atoms with Gasteiger partial charge in [0.2, 0.25) is 0 Å². The monoisotopic (exact) mass is 228 g/mol. The van der Waals surface area contributed by atoms with E-state index >= 15 is 0 Å². The van der Waals surface area contributed by atoms with E-state index in [1.807, 2.05) is 0 Å². The molecule has 0 aromatic rings. The third-order valence-electron chi connectivity index (χ3n) is 3.40. The Morgan fingerprint density at radius 1 is 1.38 bits per heavy atom. The summed E-state index contributed by atoms with van der Waals surface area (Å²) in [6.07, 6.45) is 2.82. The van der Waals surface area contributed by atoms with E-state index < -0.39 is 0 Å². The standard InChI is InChI=1S/C13H28N2O/c1-5-14-13(12-6-7-12)10-15(11(2)3)8-9-16-4/h11-14H,5-10H2,1-4H3. The number of rotatable bonds is 9. The van der Waals surface area contributed by atoms with E-state index in [1.165, 1.54) is 19.4 Å². The summed E-state index contributed by atoms with van der Waals surface area (Å²) in [4.78, 5) is 2.52. The molecule has 1 unspecified atom stereocenters. The lowest BCUT2D eigenvalue weighted by atomic mass is 10.1. The fraction of sp³-hybridized carbons (Fsp3) is 1.00. The van der Waals surface area contributed by atoms with E-state index in [9.17, 15) is 0 Å². The number of hydrogen-bond acceptors (Lipinski definition) is 3. The van der Waals surface area contributed by atoms with Gasteiger partial charge < -0.3 is 10.1 Å². The summed E-state index contributed by atoms with van der Waals surface area (Å²) < 4.78 is 5.18. The first-order chi connectivity index (χ1) is 7.69. The van der Waals surface area contributed by atoms with E-state index in [2.05, 4.69) is 31.0 Å². The van der Waals surface area contributed by atoms with Crippen molar-refractivity contribution < 1.29 is 4.74 Å². The maximum Gasteiger partial charge on any atom is 0.0589 e. The SMILES string of the molecule is CCNC(CN(CCOC)C(C)C)C1CC1. The Hall–Kier alpha value is -0.120. The fourth-order valence-corrected chi connectivity index (χ4v) is 2.16. The largest absolute Gasteiger partial charge is 0.383 e. The Morgan fingerprint density at radius 3 is 2.50 bits per heavy atom. The predicted octanol–water partition coefficient (Wildman–Crippen LogP) is 1.73. The second-order valence-corrected chi connectivity index (χ2v) is 5.08. The van der Waals surface area contributed by atoms with Gasteiger partial charge in [0.25, 0.3) is 0 Å². The van der Waals surface area contributed by atoms with Crippen molar-refractivity contribution in [2.24, 2.45) is 5.92 Å². The van der Waals surface area contributed by atoms with Gasteiger partial charge in [0.1, 0.15) is 0 Å². The van der Waals surface area contributed by atoms with Crippen LogP contribution in [0.15, 0.2) is 0 Å². The van der Waals surface area contributed by atoms with Gasteiger partial charge in [-0.1, -0.05) is 6.92 Å². The van der Waals surface area contributed by atoms with Crippen molar-refractivity contribution in [3.05, 3.63) is 0 Å². The van der Waals surface area contributed by atoms with Crippen LogP contribution in [0.3, 0.4) is 0 Å². The molecular formula is C13H28N2O. The molecule has 0 aliphatic heterocycles. The number of nitrogens with one attached hydrogen (secondary N) is 1. The van der Waals surface area contributed by atoms with Crippen LogP contribution >= 0.6 is 0 Å². The molecule has 1 aliphatic rings. The van der Waals surface area contributed by atoms with E-state index in [4.69, 9.17) is 4.74 Å². The van der Waals surface area contributed by atoms with Gasteiger partial charge in [-0.2, -0.15) is 0 Å². The summed E-state index contributed by atoms with van der Waals surface area (Å²) in [6.45, 7) is 10.9.